The molecule has 0 bridgehead atoms. The van der Waals surface area contributed by atoms with Crippen molar-refractivity contribution in [1.82, 2.24) is 5.32 Å². The Morgan fingerprint density at radius 3 is 2.62 bits per heavy atom. The number of halogens is 1. The van der Waals surface area contributed by atoms with Crippen LogP contribution >= 0.6 is 24.0 Å². The maximum absolute atomic E-state index is 5.77. The fourth-order valence-electron chi connectivity index (χ4n) is 2.01. The summed E-state index contributed by atoms with van der Waals surface area (Å²) < 4.78 is 0. The van der Waals surface area contributed by atoms with Crippen LogP contribution in [0.25, 0.3) is 10.8 Å². The Labute approximate surface area is 143 Å². The predicted octanol–water partition coefficient (Wildman–Crippen LogP) is 3.48. The molecular weight excluding hydrogens is 373 g/mol. The molecule has 2 rings (SSSR count). The third kappa shape index (κ3) is 5.75. The highest BCUT2D eigenvalue weighted by Gasteiger charge is 1.97. The summed E-state index contributed by atoms with van der Waals surface area (Å²) in [7, 11) is 0. The highest BCUT2D eigenvalue weighted by molar-refractivity contribution is 14.0. The van der Waals surface area contributed by atoms with Crippen molar-refractivity contribution < 1.29 is 0 Å². The molecule has 112 valence electrons. The third-order valence-electron chi connectivity index (χ3n) is 3.05. The molecule has 4 heteroatoms. The zero-order valence-corrected chi connectivity index (χ0v) is 14.6. The molecule has 0 aliphatic rings. The first kappa shape index (κ1) is 17.5. The van der Waals surface area contributed by atoms with E-state index in [9.17, 15) is 0 Å². The van der Waals surface area contributed by atoms with E-state index in [1.807, 2.05) is 6.92 Å². The van der Waals surface area contributed by atoms with Crippen LogP contribution in [-0.4, -0.2) is 19.0 Å². The average Bonchev–Trinajstić information content (AvgIpc) is 2.45. The van der Waals surface area contributed by atoms with Crippen LogP contribution in [0.1, 0.15) is 12.5 Å². The van der Waals surface area contributed by atoms with Crippen LogP contribution in [0.5, 0.6) is 0 Å². The Kier molecular flexibility index (Phi) is 7.22. The molecule has 0 spiro atoms. The Balaban J connectivity index is 0.00000220. The van der Waals surface area contributed by atoms with Crippen LogP contribution < -0.4 is 11.1 Å². The number of hydrogen-bond donors (Lipinski definition) is 2. The van der Waals surface area contributed by atoms with Crippen LogP contribution in [0, 0.1) is 0 Å². The SMILES string of the molecule is C=C(C)CN=C(N)NCCc1ccc2ccccc2c1.I. The molecule has 0 unspecified atom stereocenters. The van der Waals surface area contributed by atoms with Gasteiger partial charge >= 0.3 is 0 Å². The molecule has 21 heavy (non-hydrogen) atoms. The molecule has 0 saturated heterocycles. The number of aliphatic imine (C=N–C) groups is 1. The van der Waals surface area contributed by atoms with Gasteiger partial charge in [-0.25, -0.2) is 4.99 Å². The maximum atomic E-state index is 5.77. The van der Waals surface area contributed by atoms with Gasteiger partial charge in [0.05, 0.1) is 6.54 Å². The van der Waals surface area contributed by atoms with Crippen molar-refractivity contribution in [3.8, 4) is 0 Å². The van der Waals surface area contributed by atoms with Crippen molar-refractivity contribution in [1.29, 1.82) is 0 Å². The van der Waals surface area contributed by atoms with Crippen molar-refractivity contribution in [2.24, 2.45) is 10.7 Å². The highest BCUT2D eigenvalue weighted by Crippen LogP contribution is 2.15. The Bertz CT molecular complexity index is 635. The van der Waals surface area contributed by atoms with Crippen LogP contribution in [0.2, 0.25) is 0 Å². The molecule has 3 N–H and O–H groups in total. The molecule has 0 fully saturated rings. The second-order valence-corrected chi connectivity index (χ2v) is 5.02. The first-order valence-corrected chi connectivity index (χ1v) is 6.81. The number of hydrogen-bond acceptors (Lipinski definition) is 1. The van der Waals surface area contributed by atoms with E-state index in [0.717, 1.165) is 18.5 Å². The second-order valence-electron chi connectivity index (χ2n) is 5.02. The first-order valence-electron chi connectivity index (χ1n) is 6.81. The number of nitrogens with one attached hydrogen (secondary N) is 1. The van der Waals surface area contributed by atoms with Crippen LogP contribution in [0.4, 0.5) is 0 Å². The fourth-order valence-corrected chi connectivity index (χ4v) is 2.01. The molecular formula is C17H22IN3. The van der Waals surface area contributed by atoms with Crippen LogP contribution in [-0.2, 0) is 6.42 Å². The summed E-state index contributed by atoms with van der Waals surface area (Å²) in [5.74, 6) is 0.480. The molecule has 0 aliphatic carbocycles. The van der Waals surface area contributed by atoms with Gasteiger partial charge in [0.25, 0.3) is 0 Å². The smallest absolute Gasteiger partial charge is 0.188 e. The van der Waals surface area contributed by atoms with E-state index in [1.165, 1.54) is 16.3 Å². The Morgan fingerprint density at radius 2 is 1.90 bits per heavy atom. The molecule has 0 radical (unpaired) electrons. The Morgan fingerprint density at radius 1 is 1.19 bits per heavy atom. The van der Waals surface area contributed by atoms with E-state index >= 15 is 0 Å². The summed E-state index contributed by atoms with van der Waals surface area (Å²) in [6.45, 7) is 7.09. The molecule has 0 aromatic heterocycles. The molecule has 0 saturated carbocycles. The lowest BCUT2D eigenvalue weighted by Gasteiger charge is -2.07. The number of fused-ring (bicyclic) bond motifs is 1. The average molecular weight is 395 g/mol. The normalized spacial score (nSPS) is 11.0. The van der Waals surface area contributed by atoms with Gasteiger partial charge in [0.1, 0.15) is 0 Å². The summed E-state index contributed by atoms with van der Waals surface area (Å²) in [4.78, 5) is 4.19. The summed E-state index contributed by atoms with van der Waals surface area (Å²) >= 11 is 0. The van der Waals surface area contributed by atoms with Gasteiger partial charge in [-0.05, 0) is 29.7 Å². The fraction of sp³-hybridized carbons (Fsp3) is 0.235. The van der Waals surface area contributed by atoms with Gasteiger partial charge in [0.15, 0.2) is 5.96 Å². The molecule has 0 atom stereocenters. The second kappa shape index (κ2) is 8.67. The lowest BCUT2D eigenvalue weighted by Crippen LogP contribution is -2.33. The predicted molar refractivity (Wildman–Crippen MR) is 102 cm³/mol. The van der Waals surface area contributed by atoms with E-state index < -0.39 is 0 Å². The summed E-state index contributed by atoms with van der Waals surface area (Å²) in [5.41, 5.74) is 8.07. The maximum Gasteiger partial charge on any atom is 0.188 e. The van der Waals surface area contributed by atoms with Crippen molar-refractivity contribution in [3.63, 3.8) is 0 Å². The summed E-state index contributed by atoms with van der Waals surface area (Å²) in [6, 6.07) is 14.9. The lowest BCUT2D eigenvalue weighted by molar-refractivity contribution is 0.853. The van der Waals surface area contributed by atoms with E-state index in [4.69, 9.17) is 5.73 Å². The minimum absolute atomic E-state index is 0. The quantitative estimate of drug-likeness (QED) is 0.353. The molecule has 2 aromatic carbocycles. The number of benzene rings is 2. The monoisotopic (exact) mass is 395 g/mol. The van der Waals surface area contributed by atoms with Gasteiger partial charge in [0.2, 0.25) is 0 Å². The van der Waals surface area contributed by atoms with Crippen molar-refractivity contribution >= 4 is 40.7 Å². The standard InChI is InChI=1S/C17H21N3.HI/c1-13(2)12-20-17(18)19-10-9-14-7-8-15-5-3-4-6-16(15)11-14;/h3-8,11H,1,9-10,12H2,2H3,(H3,18,19,20);1H. The molecule has 3 nitrogen and oxygen atoms in total. The number of nitrogens with two attached hydrogens (primary N) is 1. The van der Waals surface area contributed by atoms with Crippen molar-refractivity contribution in [2.45, 2.75) is 13.3 Å². The van der Waals surface area contributed by atoms with Gasteiger partial charge in [-0.3, -0.25) is 0 Å². The van der Waals surface area contributed by atoms with E-state index in [2.05, 4.69) is 59.4 Å². The van der Waals surface area contributed by atoms with Gasteiger partial charge in [-0.2, -0.15) is 0 Å². The van der Waals surface area contributed by atoms with E-state index in [-0.39, 0.29) is 24.0 Å². The Hall–Kier alpha value is -1.56. The van der Waals surface area contributed by atoms with Crippen molar-refractivity contribution in [2.75, 3.05) is 13.1 Å². The van der Waals surface area contributed by atoms with Crippen LogP contribution in [0.3, 0.4) is 0 Å². The minimum atomic E-state index is 0. The van der Waals surface area contributed by atoms with Gasteiger partial charge in [-0.15, -0.1) is 24.0 Å². The molecule has 2 aromatic rings. The number of guanidine groups is 1. The zero-order valence-electron chi connectivity index (χ0n) is 12.3. The highest BCUT2D eigenvalue weighted by atomic mass is 127. The molecule has 0 amide bonds. The largest absolute Gasteiger partial charge is 0.370 e. The van der Waals surface area contributed by atoms with Gasteiger partial charge in [0, 0.05) is 6.54 Å². The van der Waals surface area contributed by atoms with Crippen LogP contribution in [0.15, 0.2) is 59.6 Å². The first-order chi connectivity index (χ1) is 9.65. The van der Waals surface area contributed by atoms with Gasteiger partial charge in [-0.1, -0.05) is 54.6 Å². The topological polar surface area (TPSA) is 50.4 Å². The number of rotatable bonds is 5. The van der Waals surface area contributed by atoms with E-state index in [0.29, 0.717) is 12.5 Å². The minimum Gasteiger partial charge on any atom is -0.370 e. The molecule has 0 heterocycles. The molecule has 0 aliphatic heterocycles. The van der Waals surface area contributed by atoms with E-state index in [1.54, 1.807) is 0 Å². The summed E-state index contributed by atoms with van der Waals surface area (Å²) in [5, 5.41) is 5.66. The lowest BCUT2D eigenvalue weighted by atomic mass is 10.1. The third-order valence-corrected chi connectivity index (χ3v) is 3.05. The zero-order chi connectivity index (χ0) is 14.4. The van der Waals surface area contributed by atoms with Crippen molar-refractivity contribution in [3.05, 3.63) is 60.2 Å². The van der Waals surface area contributed by atoms with Gasteiger partial charge < -0.3 is 11.1 Å². The summed E-state index contributed by atoms with van der Waals surface area (Å²) in [6.07, 6.45) is 0.925. The number of nitrogens with zero attached hydrogens (tertiary/aromatic N) is 1.